The van der Waals surface area contributed by atoms with E-state index in [1.807, 2.05) is 36.4 Å². The number of carbonyl (C=O) groups is 1. The zero-order valence-electron chi connectivity index (χ0n) is 13.5. The van der Waals surface area contributed by atoms with E-state index < -0.39 is 0 Å². The lowest BCUT2D eigenvalue weighted by atomic mass is 10.1. The molecule has 0 spiro atoms. The van der Waals surface area contributed by atoms with Gasteiger partial charge >= 0.3 is 5.97 Å². The maximum absolute atomic E-state index is 11.8. The maximum atomic E-state index is 11.8. The Morgan fingerprint density at radius 1 is 1.20 bits per heavy atom. The van der Waals surface area contributed by atoms with Gasteiger partial charge in [-0.05, 0) is 24.3 Å². The van der Waals surface area contributed by atoms with Crippen LogP contribution in [0.15, 0.2) is 64.3 Å². The summed E-state index contributed by atoms with van der Waals surface area (Å²) in [6, 6.07) is 12.9. The summed E-state index contributed by atoms with van der Waals surface area (Å²) >= 11 is 1.40. The van der Waals surface area contributed by atoms with Crippen LogP contribution < -0.4 is 4.74 Å². The minimum Gasteiger partial charge on any atom is -0.497 e. The minimum atomic E-state index is -0.312. The molecule has 0 radical (unpaired) electrons. The van der Waals surface area contributed by atoms with E-state index in [-0.39, 0.29) is 18.3 Å². The molecule has 128 valence electrons. The SMILES string of the molecule is COc1cccc(-c2cc(COC(=O)CSc3ccncc3)no2)c1. The summed E-state index contributed by atoms with van der Waals surface area (Å²) in [6.45, 7) is 0.0726. The van der Waals surface area contributed by atoms with E-state index in [1.165, 1.54) is 11.8 Å². The van der Waals surface area contributed by atoms with Gasteiger partial charge in [0.25, 0.3) is 0 Å². The standard InChI is InChI=1S/C18H16N2O4S/c1-22-15-4-2-3-13(9-15)17-10-14(20-24-17)11-23-18(21)12-25-16-5-7-19-8-6-16/h2-10H,11-12H2,1H3. The molecule has 0 atom stereocenters. The Hall–Kier alpha value is -2.80. The van der Waals surface area contributed by atoms with Crippen molar-refractivity contribution in [2.45, 2.75) is 11.5 Å². The van der Waals surface area contributed by atoms with E-state index in [0.717, 1.165) is 16.2 Å². The number of benzene rings is 1. The van der Waals surface area contributed by atoms with Crippen LogP contribution in [-0.2, 0) is 16.1 Å². The summed E-state index contributed by atoms with van der Waals surface area (Å²) in [5.74, 6) is 1.24. The largest absolute Gasteiger partial charge is 0.497 e. The average Bonchev–Trinajstić information content (AvgIpc) is 3.15. The van der Waals surface area contributed by atoms with Crippen molar-refractivity contribution in [3.63, 3.8) is 0 Å². The Morgan fingerprint density at radius 3 is 2.84 bits per heavy atom. The summed E-state index contributed by atoms with van der Waals surface area (Å²) < 4.78 is 15.7. The lowest BCUT2D eigenvalue weighted by Gasteiger charge is -2.02. The number of esters is 1. The van der Waals surface area contributed by atoms with Crippen LogP contribution in [-0.4, -0.2) is 29.0 Å². The monoisotopic (exact) mass is 356 g/mol. The number of ether oxygens (including phenoxy) is 2. The Labute approximate surface area is 149 Å². The van der Waals surface area contributed by atoms with Crippen molar-refractivity contribution in [3.05, 3.63) is 60.6 Å². The van der Waals surface area contributed by atoms with Gasteiger partial charge in [0.05, 0.1) is 12.9 Å². The van der Waals surface area contributed by atoms with Gasteiger partial charge in [-0.1, -0.05) is 17.3 Å². The summed E-state index contributed by atoms with van der Waals surface area (Å²) in [5.41, 5.74) is 1.40. The van der Waals surface area contributed by atoms with Crippen LogP contribution in [0.5, 0.6) is 5.75 Å². The second kappa shape index (κ2) is 8.34. The summed E-state index contributed by atoms with van der Waals surface area (Å²) in [5, 5.41) is 3.93. The first-order valence-corrected chi connectivity index (χ1v) is 8.51. The molecule has 0 aliphatic carbocycles. The molecule has 7 heteroatoms. The molecule has 0 unspecified atom stereocenters. The molecule has 6 nitrogen and oxygen atoms in total. The molecule has 1 aromatic carbocycles. The van der Waals surface area contributed by atoms with Crippen molar-refractivity contribution in [1.29, 1.82) is 0 Å². The van der Waals surface area contributed by atoms with Crippen molar-refractivity contribution in [2.24, 2.45) is 0 Å². The number of pyridine rings is 1. The van der Waals surface area contributed by atoms with E-state index in [0.29, 0.717) is 11.5 Å². The van der Waals surface area contributed by atoms with Crippen LogP contribution >= 0.6 is 11.8 Å². The first kappa shape index (κ1) is 17.0. The Balaban J connectivity index is 1.52. The molecule has 3 aromatic rings. The van der Waals surface area contributed by atoms with E-state index in [1.54, 1.807) is 25.6 Å². The number of nitrogens with zero attached hydrogens (tertiary/aromatic N) is 2. The fraction of sp³-hybridized carbons (Fsp3) is 0.167. The van der Waals surface area contributed by atoms with Gasteiger partial charge in [0, 0.05) is 28.9 Å². The topological polar surface area (TPSA) is 74.5 Å². The van der Waals surface area contributed by atoms with Crippen LogP contribution in [0, 0.1) is 0 Å². The zero-order chi connectivity index (χ0) is 17.5. The van der Waals surface area contributed by atoms with Gasteiger partial charge in [-0.3, -0.25) is 9.78 Å². The summed E-state index contributed by atoms with van der Waals surface area (Å²) in [7, 11) is 1.61. The predicted octanol–water partition coefficient (Wildman–Crippen LogP) is 3.58. The molecule has 0 bridgehead atoms. The van der Waals surface area contributed by atoms with Crippen molar-refractivity contribution in [3.8, 4) is 17.1 Å². The fourth-order valence-corrected chi connectivity index (χ4v) is 2.75. The second-order valence-corrected chi connectivity index (χ2v) is 6.10. The molecule has 3 rings (SSSR count). The normalized spacial score (nSPS) is 10.4. The van der Waals surface area contributed by atoms with Crippen molar-refractivity contribution in [2.75, 3.05) is 12.9 Å². The van der Waals surface area contributed by atoms with Gasteiger partial charge in [-0.15, -0.1) is 11.8 Å². The van der Waals surface area contributed by atoms with Crippen LogP contribution in [0.1, 0.15) is 5.69 Å². The highest BCUT2D eigenvalue weighted by Gasteiger charge is 2.10. The zero-order valence-corrected chi connectivity index (χ0v) is 14.4. The quantitative estimate of drug-likeness (QED) is 0.473. The van der Waals surface area contributed by atoms with Gasteiger partial charge in [0.1, 0.15) is 18.1 Å². The highest BCUT2D eigenvalue weighted by Crippen LogP contribution is 2.24. The van der Waals surface area contributed by atoms with Crippen molar-refractivity contribution >= 4 is 17.7 Å². The number of rotatable bonds is 7. The Bertz CT molecular complexity index is 836. The highest BCUT2D eigenvalue weighted by atomic mass is 32.2. The molecule has 0 aliphatic rings. The molecule has 0 aliphatic heterocycles. The third-order valence-electron chi connectivity index (χ3n) is 3.30. The number of methoxy groups -OCH3 is 1. The van der Waals surface area contributed by atoms with E-state index in [4.69, 9.17) is 14.0 Å². The molecule has 0 fully saturated rings. The predicted molar refractivity (Wildman–Crippen MR) is 93.2 cm³/mol. The molecular formula is C18H16N2O4S. The van der Waals surface area contributed by atoms with E-state index >= 15 is 0 Å². The van der Waals surface area contributed by atoms with Crippen LogP contribution in [0.2, 0.25) is 0 Å². The molecule has 2 heterocycles. The number of hydrogen-bond acceptors (Lipinski definition) is 7. The number of aromatic nitrogens is 2. The second-order valence-electron chi connectivity index (χ2n) is 5.05. The third-order valence-corrected chi connectivity index (χ3v) is 4.29. The molecule has 0 amide bonds. The first-order chi connectivity index (χ1) is 12.2. The molecule has 0 saturated carbocycles. The fourth-order valence-electron chi connectivity index (χ4n) is 2.07. The third kappa shape index (κ3) is 4.84. The number of hydrogen-bond donors (Lipinski definition) is 0. The molecular weight excluding hydrogens is 340 g/mol. The van der Waals surface area contributed by atoms with Gasteiger partial charge in [0.2, 0.25) is 0 Å². The molecule has 0 N–H and O–H groups in total. The molecule has 0 saturated heterocycles. The minimum absolute atomic E-state index is 0.0726. The Morgan fingerprint density at radius 2 is 2.04 bits per heavy atom. The first-order valence-electron chi connectivity index (χ1n) is 7.53. The average molecular weight is 356 g/mol. The lowest BCUT2D eigenvalue weighted by molar-refractivity contribution is -0.141. The molecule has 2 aromatic heterocycles. The Kier molecular flexibility index (Phi) is 5.69. The van der Waals surface area contributed by atoms with Crippen LogP contribution in [0.4, 0.5) is 0 Å². The molecule has 25 heavy (non-hydrogen) atoms. The van der Waals surface area contributed by atoms with Crippen LogP contribution in [0.3, 0.4) is 0 Å². The summed E-state index contributed by atoms with van der Waals surface area (Å²) in [4.78, 5) is 16.7. The van der Waals surface area contributed by atoms with Crippen molar-refractivity contribution in [1.82, 2.24) is 10.1 Å². The smallest absolute Gasteiger partial charge is 0.316 e. The van der Waals surface area contributed by atoms with Crippen molar-refractivity contribution < 1.29 is 18.8 Å². The number of carbonyl (C=O) groups excluding carboxylic acids is 1. The van der Waals surface area contributed by atoms with E-state index in [2.05, 4.69) is 10.1 Å². The van der Waals surface area contributed by atoms with Gasteiger partial charge in [-0.2, -0.15) is 0 Å². The van der Waals surface area contributed by atoms with Crippen LogP contribution in [0.25, 0.3) is 11.3 Å². The van der Waals surface area contributed by atoms with E-state index in [9.17, 15) is 4.79 Å². The maximum Gasteiger partial charge on any atom is 0.316 e. The summed E-state index contributed by atoms with van der Waals surface area (Å²) in [6.07, 6.45) is 3.37. The lowest BCUT2D eigenvalue weighted by Crippen LogP contribution is -2.07. The number of thioether (sulfide) groups is 1. The van der Waals surface area contributed by atoms with Gasteiger partial charge in [-0.25, -0.2) is 0 Å². The highest BCUT2D eigenvalue weighted by molar-refractivity contribution is 8.00. The van der Waals surface area contributed by atoms with Gasteiger partial charge in [0.15, 0.2) is 5.76 Å². The van der Waals surface area contributed by atoms with Gasteiger partial charge < -0.3 is 14.0 Å².